The SMILES string of the molecule is C[C@@H](C(=O)NCCCc1ccccc1)N(c1cccc(Cl)c1)S(C)(=O)=O. The van der Waals surface area contributed by atoms with Crippen LogP contribution in [-0.2, 0) is 21.2 Å². The quantitative estimate of drug-likeness (QED) is 0.699. The third kappa shape index (κ3) is 5.75. The summed E-state index contributed by atoms with van der Waals surface area (Å²) in [5.41, 5.74) is 1.57. The van der Waals surface area contributed by atoms with Crippen LogP contribution in [0.3, 0.4) is 0 Å². The van der Waals surface area contributed by atoms with Gasteiger partial charge in [-0.05, 0) is 43.5 Å². The number of hydrogen-bond acceptors (Lipinski definition) is 3. The Morgan fingerprint density at radius 2 is 1.85 bits per heavy atom. The zero-order valence-electron chi connectivity index (χ0n) is 14.9. The van der Waals surface area contributed by atoms with Crippen molar-refractivity contribution in [3.05, 3.63) is 65.2 Å². The van der Waals surface area contributed by atoms with Gasteiger partial charge in [-0.25, -0.2) is 8.42 Å². The molecule has 2 aromatic rings. The number of carbonyl (C=O) groups excluding carboxylic acids is 1. The highest BCUT2D eigenvalue weighted by Gasteiger charge is 2.28. The third-order valence-corrected chi connectivity index (χ3v) is 5.41. The molecular formula is C19H23ClN2O3S. The molecule has 0 heterocycles. The molecular weight excluding hydrogens is 372 g/mol. The Kier molecular flexibility index (Phi) is 7.06. The lowest BCUT2D eigenvalue weighted by Gasteiger charge is -2.28. The predicted molar refractivity (Wildman–Crippen MR) is 106 cm³/mol. The normalized spacial score (nSPS) is 12.4. The van der Waals surface area contributed by atoms with E-state index in [9.17, 15) is 13.2 Å². The first-order chi connectivity index (χ1) is 12.3. The number of halogens is 1. The Balaban J connectivity index is 1.99. The zero-order valence-corrected chi connectivity index (χ0v) is 16.4. The van der Waals surface area contributed by atoms with Crippen LogP contribution in [0.2, 0.25) is 5.02 Å². The molecule has 1 atom stereocenters. The van der Waals surface area contributed by atoms with Crippen molar-refractivity contribution in [1.29, 1.82) is 0 Å². The number of amides is 1. The van der Waals surface area contributed by atoms with Gasteiger partial charge in [-0.15, -0.1) is 0 Å². The lowest BCUT2D eigenvalue weighted by Crippen LogP contribution is -2.48. The Labute approximate surface area is 160 Å². The zero-order chi connectivity index (χ0) is 19.2. The Morgan fingerprint density at radius 3 is 2.46 bits per heavy atom. The minimum Gasteiger partial charge on any atom is -0.354 e. The van der Waals surface area contributed by atoms with E-state index in [1.54, 1.807) is 25.1 Å². The fourth-order valence-electron chi connectivity index (χ4n) is 2.72. The molecule has 0 bridgehead atoms. The maximum absolute atomic E-state index is 12.5. The second kappa shape index (κ2) is 9.05. The molecule has 0 aromatic heterocycles. The molecule has 0 aliphatic carbocycles. The summed E-state index contributed by atoms with van der Waals surface area (Å²) in [6, 6.07) is 15.6. The van der Waals surface area contributed by atoms with Crippen LogP contribution < -0.4 is 9.62 Å². The highest BCUT2D eigenvalue weighted by Crippen LogP contribution is 2.24. The van der Waals surface area contributed by atoms with E-state index in [4.69, 9.17) is 11.6 Å². The van der Waals surface area contributed by atoms with E-state index in [1.165, 1.54) is 11.6 Å². The van der Waals surface area contributed by atoms with Crippen LogP contribution in [0.25, 0.3) is 0 Å². The summed E-state index contributed by atoms with van der Waals surface area (Å²) in [4.78, 5) is 12.5. The van der Waals surface area contributed by atoms with Crippen molar-refractivity contribution in [3.63, 3.8) is 0 Å². The first-order valence-corrected chi connectivity index (χ1v) is 10.6. The van der Waals surface area contributed by atoms with Crippen LogP contribution in [0.1, 0.15) is 18.9 Å². The average molecular weight is 395 g/mol. The smallest absolute Gasteiger partial charge is 0.243 e. The van der Waals surface area contributed by atoms with Crippen molar-refractivity contribution in [3.8, 4) is 0 Å². The number of hydrogen-bond donors (Lipinski definition) is 1. The lowest BCUT2D eigenvalue weighted by molar-refractivity contribution is -0.121. The number of rotatable bonds is 8. The van der Waals surface area contributed by atoms with Gasteiger partial charge < -0.3 is 5.32 Å². The fraction of sp³-hybridized carbons (Fsp3) is 0.316. The molecule has 1 N–H and O–H groups in total. The van der Waals surface area contributed by atoms with Crippen LogP contribution in [0.15, 0.2) is 54.6 Å². The Bertz CT molecular complexity index is 841. The summed E-state index contributed by atoms with van der Waals surface area (Å²) in [5, 5.41) is 3.22. The van der Waals surface area contributed by atoms with Gasteiger partial charge in [0.15, 0.2) is 0 Å². The molecule has 0 spiro atoms. The monoisotopic (exact) mass is 394 g/mol. The molecule has 0 saturated carbocycles. The summed E-state index contributed by atoms with van der Waals surface area (Å²) in [6.07, 6.45) is 2.70. The van der Waals surface area contributed by atoms with Crippen molar-refractivity contribution < 1.29 is 13.2 Å². The number of benzene rings is 2. The fourth-order valence-corrected chi connectivity index (χ4v) is 4.07. The summed E-state index contributed by atoms with van der Waals surface area (Å²) in [5.74, 6) is -0.344. The Morgan fingerprint density at radius 1 is 1.15 bits per heavy atom. The summed E-state index contributed by atoms with van der Waals surface area (Å²) >= 11 is 5.96. The van der Waals surface area contributed by atoms with E-state index < -0.39 is 16.1 Å². The second-order valence-corrected chi connectivity index (χ2v) is 8.39. The largest absolute Gasteiger partial charge is 0.354 e. The van der Waals surface area contributed by atoms with Crippen LogP contribution in [0.4, 0.5) is 5.69 Å². The average Bonchev–Trinajstić information content (AvgIpc) is 2.58. The van der Waals surface area contributed by atoms with Crippen LogP contribution in [0, 0.1) is 0 Å². The van der Waals surface area contributed by atoms with E-state index in [-0.39, 0.29) is 5.91 Å². The maximum Gasteiger partial charge on any atom is 0.243 e. The van der Waals surface area contributed by atoms with Crippen molar-refractivity contribution in [2.24, 2.45) is 0 Å². The van der Waals surface area contributed by atoms with Crippen molar-refractivity contribution in [2.75, 3.05) is 17.1 Å². The molecule has 2 rings (SSSR count). The van der Waals surface area contributed by atoms with Gasteiger partial charge in [0.05, 0.1) is 11.9 Å². The van der Waals surface area contributed by atoms with E-state index in [0.717, 1.165) is 23.4 Å². The Hall–Kier alpha value is -2.05. The van der Waals surface area contributed by atoms with Crippen LogP contribution in [-0.4, -0.2) is 33.2 Å². The van der Waals surface area contributed by atoms with Gasteiger partial charge in [0.1, 0.15) is 6.04 Å². The molecule has 2 aromatic carbocycles. The van der Waals surface area contributed by atoms with E-state index in [2.05, 4.69) is 5.32 Å². The number of carbonyl (C=O) groups is 1. The van der Waals surface area contributed by atoms with Crippen molar-refractivity contribution >= 4 is 33.2 Å². The molecule has 0 unspecified atom stereocenters. The highest BCUT2D eigenvalue weighted by atomic mass is 35.5. The molecule has 5 nitrogen and oxygen atoms in total. The number of nitrogens with zero attached hydrogens (tertiary/aromatic N) is 1. The molecule has 0 fully saturated rings. The predicted octanol–water partition coefficient (Wildman–Crippen LogP) is 3.24. The molecule has 0 radical (unpaired) electrons. The van der Waals surface area contributed by atoms with E-state index in [0.29, 0.717) is 17.3 Å². The maximum atomic E-state index is 12.5. The number of nitrogens with one attached hydrogen (secondary N) is 1. The summed E-state index contributed by atoms with van der Waals surface area (Å²) < 4.78 is 25.5. The topological polar surface area (TPSA) is 66.5 Å². The van der Waals surface area contributed by atoms with Crippen LogP contribution in [0.5, 0.6) is 0 Å². The number of aryl methyl sites for hydroxylation is 1. The first kappa shape index (κ1) is 20.3. The van der Waals surface area contributed by atoms with E-state index in [1.807, 2.05) is 30.3 Å². The lowest BCUT2D eigenvalue weighted by atomic mass is 10.1. The van der Waals surface area contributed by atoms with Gasteiger partial charge in [-0.2, -0.15) is 0 Å². The minimum absolute atomic E-state index is 0.344. The molecule has 140 valence electrons. The summed E-state index contributed by atoms with van der Waals surface area (Å²) in [6.45, 7) is 2.04. The van der Waals surface area contributed by atoms with Gasteiger partial charge in [0.2, 0.25) is 15.9 Å². The van der Waals surface area contributed by atoms with Gasteiger partial charge in [-0.3, -0.25) is 9.10 Å². The molecule has 1 amide bonds. The van der Waals surface area contributed by atoms with Gasteiger partial charge in [0, 0.05) is 11.6 Å². The van der Waals surface area contributed by atoms with Crippen LogP contribution >= 0.6 is 11.6 Å². The highest BCUT2D eigenvalue weighted by molar-refractivity contribution is 7.92. The van der Waals surface area contributed by atoms with Gasteiger partial charge in [-0.1, -0.05) is 48.0 Å². The number of sulfonamides is 1. The third-order valence-electron chi connectivity index (χ3n) is 3.94. The van der Waals surface area contributed by atoms with E-state index >= 15 is 0 Å². The molecule has 0 saturated heterocycles. The standard InChI is InChI=1S/C19H23ClN2O3S/c1-15(19(23)21-13-7-10-16-8-4-3-5-9-16)22(26(2,24)25)18-12-6-11-17(20)14-18/h3-6,8-9,11-12,14-15H,7,10,13H2,1-2H3,(H,21,23)/t15-/m0/s1. The second-order valence-electron chi connectivity index (χ2n) is 6.09. The van der Waals surface area contributed by atoms with Crippen molar-refractivity contribution in [2.45, 2.75) is 25.8 Å². The van der Waals surface area contributed by atoms with Crippen molar-refractivity contribution in [1.82, 2.24) is 5.32 Å². The number of anilines is 1. The molecule has 0 aliphatic rings. The van der Waals surface area contributed by atoms with Gasteiger partial charge in [0.25, 0.3) is 0 Å². The molecule has 0 aliphatic heterocycles. The molecule has 7 heteroatoms. The molecule has 26 heavy (non-hydrogen) atoms. The summed E-state index contributed by atoms with van der Waals surface area (Å²) in [7, 11) is -3.64. The minimum atomic E-state index is -3.64. The first-order valence-electron chi connectivity index (χ1n) is 8.35. The van der Waals surface area contributed by atoms with Gasteiger partial charge >= 0.3 is 0 Å².